The second-order valence-electron chi connectivity index (χ2n) is 7.79. The molecule has 5 nitrogen and oxygen atoms in total. The van der Waals surface area contributed by atoms with Crippen LogP contribution in [0.1, 0.15) is 36.1 Å². The van der Waals surface area contributed by atoms with Gasteiger partial charge in [0.1, 0.15) is 6.54 Å². The Labute approximate surface area is 205 Å². The zero-order valence-corrected chi connectivity index (χ0v) is 21.0. The molecule has 1 atom stereocenters. The van der Waals surface area contributed by atoms with Crippen molar-refractivity contribution >= 4 is 44.8 Å². The summed E-state index contributed by atoms with van der Waals surface area (Å²) in [4.78, 5) is 13.2. The molecule has 3 aromatic carbocycles. The van der Waals surface area contributed by atoms with Gasteiger partial charge in [0, 0.05) is 0 Å². The van der Waals surface area contributed by atoms with Crippen molar-refractivity contribution in [3.05, 3.63) is 93.5 Å². The third-order valence-electron chi connectivity index (χ3n) is 5.36. The fraction of sp³-hybridized carbons (Fsp3) is 0.240. The quantitative estimate of drug-likeness (QED) is 0.404. The van der Waals surface area contributed by atoms with Gasteiger partial charge in [-0.05, 0) is 55.7 Å². The summed E-state index contributed by atoms with van der Waals surface area (Å²) in [6.45, 7) is 5.53. The minimum atomic E-state index is -4.08. The summed E-state index contributed by atoms with van der Waals surface area (Å²) in [5.74, 6) is -0.447. The fourth-order valence-electron chi connectivity index (χ4n) is 3.69. The van der Waals surface area contributed by atoms with Crippen molar-refractivity contribution in [2.75, 3.05) is 10.8 Å². The molecule has 1 N–H and O–H groups in total. The summed E-state index contributed by atoms with van der Waals surface area (Å²) in [6.07, 6.45) is 0.652. The van der Waals surface area contributed by atoms with E-state index in [1.165, 1.54) is 18.2 Å². The van der Waals surface area contributed by atoms with Gasteiger partial charge >= 0.3 is 0 Å². The van der Waals surface area contributed by atoms with E-state index in [0.717, 1.165) is 21.0 Å². The number of sulfonamides is 1. The maximum Gasteiger partial charge on any atom is 0.264 e. The first-order valence-electron chi connectivity index (χ1n) is 10.5. The highest BCUT2D eigenvalue weighted by Gasteiger charge is 2.30. The third-order valence-corrected chi connectivity index (χ3v) is 7.95. The fourth-order valence-corrected chi connectivity index (χ4v) is 5.59. The van der Waals surface area contributed by atoms with E-state index in [2.05, 4.69) is 11.4 Å². The number of hydrogen-bond acceptors (Lipinski definition) is 3. The van der Waals surface area contributed by atoms with Crippen LogP contribution < -0.4 is 9.62 Å². The first-order valence-corrected chi connectivity index (χ1v) is 12.7. The number of aryl methyl sites for hydroxylation is 2. The Morgan fingerprint density at radius 3 is 2.33 bits per heavy atom. The van der Waals surface area contributed by atoms with Crippen LogP contribution in [-0.2, 0) is 14.8 Å². The van der Waals surface area contributed by atoms with Gasteiger partial charge in [-0.1, -0.05) is 78.2 Å². The van der Waals surface area contributed by atoms with Crippen LogP contribution >= 0.6 is 23.2 Å². The van der Waals surface area contributed by atoms with Gasteiger partial charge in [-0.2, -0.15) is 0 Å². The van der Waals surface area contributed by atoms with Gasteiger partial charge in [0.25, 0.3) is 10.0 Å². The van der Waals surface area contributed by atoms with Crippen LogP contribution in [0, 0.1) is 13.8 Å². The molecule has 0 aliphatic rings. The Morgan fingerprint density at radius 1 is 1.00 bits per heavy atom. The Morgan fingerprint density at radius 2 is 1.70 bits per heavy atom. The van der Waals surface area contributed by atoms with Gasteiger partial charge in [-0.15, -0.1) is 0 Å². The molecule has 0 spiro atoms. The van der Waals surface area contributed by atoms with Crippen LogP contribution in [0.5, 0.6) is 0 Å². The van der Waals surface area contributed by atoms with Gasteiger partial charge in [0.2, 0.25) is 5.91 Å². The van der Waals surface area contributed by atoms with Crippen LogP contribution in [0.2, 0.25) is 10.0 Å². The van der Waals surface area contributed by atoms with Crippen LogP contribution in [0.3, 0.4) is 0 Å². The molecule has 0 aliphatic heterocycles. The third kappa shape index (κ3) is 5.69. The Bertz CT molecular complexity index is 1250. The monoisotopic (exact) mass is 504 g/mol. The van der Waals surface area contributed by atoms with E-state index < -0.39 is 22.5 Å². The highest BCUT2D eigenvalue weighted by Crippen LogP contribution is 2.35. The average Bonchev–Trinajstić information content (AvgIpc) is 2.79. The first kappa shape index (κ1) is 25.1. The summed E-state index contributed by atoms with van der Waals surface area (Å²) in [7, 11) is -4.08. The van der Waals surface area contributed by atoms with Crippen LogP contribution in [0.25, 0.3) is 0 Å². The van der Waals surface area contributed by atoms with E-state index in [1.807, 2.05) is 32.9 Å². The van der Waals surface area contributed by atoms with E-state index in [9.17, 15) is 13.2 Å². The van der Waals surface area contributed by atoms with Crippen molar-refractivity contribution in [2.45, 2.75) is 38.1 Å². The smallest absolute Gasteiger partial charge is 0.264 e. The van der Waals surface area contributed by atoms with Crippen LogP contribution in [0.15, 0.2) is 71.6 Å². The highest BCUT2D eigenvalue weighted by molar-refractivity contribution is 7.92. The van der Waals surface area contributed by atoms with Gasteiger partial charge in [-0.3, -0.25) is 9.10 Å². The number of nitrogens with one attached hydrogen (secondary N) is 1. The van der Waals surface area contributed by atoms with E-state index in [-0.39, 0.29) is 26.7 Å². The predicted molar refractivity (Wildman–Crippen MR) is 135 cm³/mol. The van der Waals surface area contributed by atoms with Crippen molar-refractivity contribution in [2.24, 2.45) is 0 Å². The summed E-state index contributed by atoms with van der Waals surface area (Å²) in [6, 6.07) is 18.4. The zero-order chi connectivity index (χ0) is 24.2. The van der Waals surface area contributed by atoms with Crippen molar-refractivity contribution in [1.82, 2.24) is 5.32 Å². The van der Waals surface area contributed by atoms with E-state index >= 15 is 0 Å². The number of halogens is 2. The molecule has 3 aromatic rings. The molecule has 0 heterocycles. The SMILES string of the molecule is CCC(NC(=O)CN(c1cccc(Cl)c1Cl)S(=O)(=O)c1ccccc1)c1ccc(C)cc1C. The number of anilines is 1. The molecule has 1 amide bonds. The number of amides is 1. The lowest BCUT2D eigenvalue weighted by Crippen LogP contribution is -2.42. The van der Waals surface area contributed by atoms with Crippen LogP contribution in [-0.4, -0.2) is 20.9 Å². The van der Waals surface area contributed by atoms with E-state index in [4.69, 9.17) is 23.2 Å². The van der Waals surface area contributed by atoms with Crippen molar-refractivity contribution in [3.8, 4) is 0 Å². The molecule has 0 bridgehead atoms. The first-order chi connectivity index (χ1) is 15.6. The van der Waals surface area contributed by atoms with Gasteiger partial charge in [0.05, 0.1) is 26.7 Å². The van der Waals surface area contributed by atoms with Crippen LogP contribution in [0.4, 0.5) is 5.69 Å². The summed E-state index contributed by atoms with van der Waals surface area (Å²) in [5, 5.41) is 3.24. The molecule has 3 rings (SSSR count). The lowest BCUT2D eigenvalue weighted by molar-refractivity contribution is -0.120. The van der Waals surface area contributed by atoms with Crippen molar-refractivity contribution in [1.29, 1.82) is 0 Å². The lowest BCUT2D eigenvalue weighted by atomic mass is 9.97. The number of nitrogens with zero attached hydrogens (tertiary/aromatic N) is 1. The lowest BCUT2D eigenvalue weighted by Gasteiger charge is -2.27. The Kier molecular flexibility index (Phi) is 8.05. The summed E-state index contributed by atoms with van der Waals surface area (Å²) < 4.78 is 28.0. The van der Waals surface area contributed by atoms with E-state index in [1.54, 1.807) is 30.3 Å². The number of carbonyl (C=O) groups is 1. The highest BCUT2D eigenvalue weighted by atomic mass is 35.5. The number of benzene rings is 3. The molecule has 0 saturated heterocycles. The predicted octanol–water partition coefficient (Wildman–Crippen LogP) is 6.07. The minimum absolute atomic E-state index is 0.0512. The standard InChI is InChI=1S/C25H26Cl2N2O3S/c1-4-22(20-14-13-17(2)15-18(20)3)28-24(30)16-29(23-12-8-11-21(26)25(23)27)33(31,32)19-9-6-5-7-10-19/h5-15,22H,4,16H2,1-3H3,(H,28,30). The molecule has 33 heavy (non-hydrogen) atoms. The van der Waals surface area contributed by atoms with Gasteiger partial charge in [-0.25, -0.2) is 8.42 Å². The number of hydrogen-bond donors (Lipinski definition) is 1. The largest absolute Gasteiger partial charge is 0.348 e. The maximum absolute atomic E-state index is 13.5. The molecule has 0 radical (unpaired) electrons. The Balaban J connectivity index is 1.96. The molecule has 0 fully saturated rings. The number of rotatable bonds is 8. The average molecular weight is 505 g/mol. The summed E-state index contributed by atoms with van der Waals surface area (Å²) in [5.41, 5.74) is 3.33. The molecule has 0 aromatic heterocycles. The second kappa shape index (κ2) is 10.6. The van der Waals surface area contributed by atoms with Gasteiger partial charge in [0.15, 0.2) is 0 Å². The topological polar surface area (TPSA) is 66.5 Å². The molecule has 0 saturated carbocycles. The maximum atomic E-state index is 13.5. The summed E-state index contributed by atoms with van der Waals surface area (Å²) >= 11 is 12.5. The zero-order valence-electron chi connectivity index (χ0n) is 18.7. The molecular formula is C25H26Cl2N2O3S. The van der Waals surface area contributed by atoms with Crippen molar-refractivity contribution < 1.29 is 13.2 Å². The van der Waals surface area contributed by atoms with Gasteiger partial charge < -0.3 is 5.32 Å². The molecular weight excluding hydrogens is 479 g/mol. The normalized spacial score (nSPS) is 12.3. The molecule has 1 unspecified atom stereocenters. The second-order valence-corrected chi connectivity index (χ2v) is 10.4. The number of carbonyl (C=O) groups excluding carboxylic acids is 1. The molecule has 174 valence electrons. The molecule has 8 heteroatoms. The van der Waals surface area contributed by atoms with Crippen molar-refractivity contribution in [3.63, 3.8) is 0 Å². The molecule has 0 aliphatic carbocycles. The van der Waals surface area contributed by atoms with E-state index in [0.29, 0.717) is 6.42 Å². The minimum Gasteiger partial charge on any atom is -0.348 e. The Hall–Kier alpha value is -2.54.